The molecule has 0 unspecified atom stereocenters. The number of amides is 1. The van der Waals surface area contributed by atoms with Crippen LogP contribution in [0.25, 0.3) is 0 Å². The number of H-pyrrole nitrogens is 1. The summed E-state index contributed by atoms with van der Waals surface area (Å²) in [5.74, 6) is -0.665. The van der Waals surface area contributed by atoms with Crippen LogP contribution >= 0.6 is 23.1 Å². The molecule has 0 aliphatic carbocycles. The zero-order chi connectivity index (χ0) is 21.4. The lowest BCUT2D eigenvalue weighted by Crippen LogP contribution is -2.16. The van der Waals surface area contributed by atoms with Crippen molar-refractivity contribution in [2.45, 2.75) is 45.7 Å². The number of aromatic amines is 1. The quantitative estimate of drug-likeness (QED) is 0.426. The second-order valence-corrected chi connectivity index (χ2v) is 7.82. The van der Waals surface area contributed by atoms with Crippen LogP contribution in [0.15, 0.2) is 5.16 Å². The Kier molecular flexibility index (Phi) is 8.65. The Balaban J connectivity index is 2.14. The summed E-state index contributed by atoms with van der Waals surface area (Å²) in [4.78, 5) is 41.5. The van der Waals surface area contributed by atoms with Crippen molar-refractivity contribution in [1.82, 2.24) is 15.2 Å². The molecule has 29 heavy (non-hydrogen) atoms. The minimum absolute atomic E-state index is 0.0529. The SMILES string of the molecule is CCCc1nc(SCC(=O)Nc2sc(C(=O)OCC)c(C)c2C(=O)OCC)n[nH]1. The molecule has 0 aliphatic rings. The fourth-order valence-corrected chi connectivity index (χ4v) is 4.15. The molecule has 0 radical (unpaired) electrons. The van der Waals surface area contributed by atoms with Gasteiger partial charge in [0.1, 0.15) is 15.7 Å². The van der Waals surface area contributed by atoms with Crippen LogP contribution in [-0.4, -0.2) is 52.0 Å². The van der Waals surface area contributed by atoms with Gasteiger partial charge in [0, 0.05) is 6.42 Å². The second-order valence-electron chi connectivity index (χ2n) is 5.85. The number of carbonyl (C=O) groups excluding carboxylic acids is 3. The molecule has 1 amide bonds. The van der Waals surface area contributed by atoms with Crippen molar-refractivity contribution < 1.29 is 23.9 Å². The highest BCUT2D eigenvalue weighted by molar-refractivity contribution is 7.99. The number of aromatic nitrogens is 3. The molecule has 2 aromatic heterocycles. The number of nitrogens with one attached hydrogen (secondary N) is 2. The van der Waals surface area contributed by atoms with Crippen LogP contribution in [0.5, 0.6) is 0 Å². The topological polar surface area (TPSA) is 123 Å². The number of anilines is 1. The van der Waals surface area contributed by atoms with Gasteiger partial charge in [-0.05, 0) is 32.8 Å². The van der Waals surface area contributed by atoms with Crippen molar-refractivity contribution in [3.8, 4) is 0 Å². The smallest absolute Gasteiger partial charge is 0.348 e. The summed E-state index contributed by atoms with van der Waals surface area (Å²) in [6, 6.07) is 0. The average molecular weight is 441 g/mol. The summed E-state index contributed by atoms with van der Waals surface area (Å²) in [5.41, 5.74) is 0.592. The van der Waals surface area contributed by atoms with Gasteiger partial charge in [-0.15, -0.1) is 16.4 Å². The zero-order valence-electron chi connectivity index (χ0n) is 16.8. The molecule has 2 aromatic rings. The Morgan fingerprint density at radius 1 is 1.14 bits per heavy atom. The van der Waals surface area contributed by atoms with Crippen LogP contribution in [0.4, 0.5) is 5.00 Å². The van der Waals surface area contributed by atoms with Gasteiger partial charge in [0.25, 0.3) is 0 Å². The maximum atomic E-state index is 12.4. The van der Waals surface area contributed by atoms with Crippen LogP contribution < -0.4 is 5.32 Å². The monoisotopic (exact) mass is 440 g/mol. The molecule has 2 rings (SSSR count). The first-order valence-electron chi connectivity index (χ1n) is 9.22. The van der Waals surface area contributed by atoms with Gasteiger partial charge in [-0.1, -0.05) is 18.7 Å². The Labute approximate surface area is 177 Å². The van der Waals surface area contributed by atoms with Gasteiger partial charge in [-0.3, -0.25) is 9.89 Å². The van der Waals surface area contributed by atoms with Crippen LogP contribution in [0.3, 0.4) is 0 Å². The highest BCUT2D eigenvalue weighted by Crippen LogP contribution is 2.34. The Hall–Kier alpha value is -2.40. The van der Waals surface area contributed by atoms with Crippen molar-refractivity contribution in [2.75, 3.05) is 24.3 Å². The molecular weight excluding hydrogens is 416 g/mol. The number of esters is 2. The Bertz CT molecular complexity index is 878. The van der Waals surface area contributed by atoms with E-state index in [0.717, 1.165) is 30.0 Å². The van der Waals surface area contributed by atoms with E-state index in [2.05, 4.69) is 20.5 Å². The molecule has 0 saturated carbocycles. The van der Waals surface area contributed by atoms with E-state index in [9.17, 15) is 14.4 Å². The number of hydrogen-bond donors (Lipinski definition) is 2. The first-order valence-corrected chi connectivity index (χ1v) is 11.0. The highest BCUT2D eigenvalue weighted by Gasteiger charge is 2.27. The highest BCUT2D eigenvalue weighted by atomic mass is 32.2. The third-order valence-corrected chi connectivity index (χ3v) is 5.71. The van der Waals surface area contributed by atoms with Crippen molar-refractivity contribution in [3.63, 3.8) is 0 Å². The van der Waals surface area contributed by atoms with Gasteiger partial charge in [0.15, 0.2) is 0 Å². The van der Waals surface area contributed by atoms with Gasteiger partial charge in [0.2, 0.25) is 11.1 Å². The summed E-state index contributed by atoms with van der Waals surface area (Å²) < 4.78 is 10.1. The van der Waals surface area contributed by atoms with Gasteiger partial charge >= 0.3 is 11.9 Å². The predicted molar refractivity (Wildman–Crippen MR) is 111 cm³/mol. The minimum Gasteiger partial charge on any atom is -0.462 e. The van der Waals surface area contributed by atoms with Crippen molar-refractivity contribution in [3.05, 3.63) is 21.8 Å². The van der Waals surface area contributed by atoms with E-state index in [-0.39, 0.29) is 40.3 Å². The molecule has 0 fully saturated rings. The van der Waals surface area contributed by atoms with E-state index in [1.54, 1.807) is 20.8 Å². The maximum Gasteiger partial charge on any atom is 0.348 e. The van der Waals surface area contributed by atoms with Crippen LogP contribution in [-0.2, 0) is 20.7 Å². The van der Waals surface area contributed by atoms with E-state index < -0.39 is 11.9 Å². The van der Waals surface area contributed by atoms with E-state index in [0.29, 0.717) is 10.7 Å². The van der Waals surface area contributed by atoms with Crippen molar-refractivity contribution in [2.24, 2.45) is 0 Å². The maximum absolute atomic E-state index is 12.4. The molecule has 0 saturated heterocycles. The van der Waals surface area contributed by atoms with E-state index in [4.69, 9.17) is 9.47 Å². The lowest BCUT2D eigenvalue weighted by Gasteiger charge is -2.06. The number of carbonyl (C=O) groups is 3. The fourth-order valence-electron chi connectivity index (χ4n) is 2.43. The first-order chi connectivity index (χ1) is 13.9. The van der Waals surface area contributed by atoms with Crippen molar-refractivity contribution in [1.29, 1.82) is 0 Å². The molecule has 9 nitrogen and oxygen atoms in total. The summed E-state index contributed by atoms with van der Waals surface area (Å²) in [5, 5.41) is 10.3. The second kappa shape index (κ2) is 11.0. The number of aryl methyl sites for hydroxylation is 1. The molecule has 2 N–H and O–H groups in total. The molecule has 11 heteroatoms. The molecule has 158 valence electrons. The third kappa shape index (κ3) is 6.04. The molecule has 0 spiro atoms. The Morgan fingerprint density at radius 2 is 1.83 bits per heavy atom. The summed E-state index contributed by atoms with van der Waals surface area (Å²) in [7, 11) is 0. The number of hydrogen-bond acceptors (Lipinski definition) is 9. The fraction of sp³-hybridized carbons (Fsp3) is 0.500. The summed E-state index contributed by atoms with van der Waals surface area (Å²) in [6.45, 7) is 7.43. The van der Waals surface area contributed by atoms with E-state index in [1.165, 1.54) is 11.8 Å². The van der Waals surface area contributed by atoms with Crippen molar-refractivity contribution >= 4 is 45.9 Å². The van der Waals surface area contributed by atoms with Gasteiger partial charge in [-0.25, -0.2) is 14.6 Å². The lowest BCUT2D eigenvalue weighted by molar-refractivity contribution is -0.113. The molecule has 0 aliphatic heterocycles. The molecule has 2 heterocycles. The molecular formula is C18H24N4O5S2. The summed E-state index contributed by atoms with van der Waals surface area (Å²) in [6.07, 6.45) is 1.73. The van der Waals surface area contributed by atoms with E-state index in [1.807, 2.05) is 6.92 Å². The standard InChI is InChI=1S/C18H24N4O5S2/c1-5-8-11-19-18(22-21-11)28-9-12(23)20-15-13(16(24)26-6-2)10(4)14(29-15)17(25)27-7-3/h5-9H2,1-4H3,(H,20,23)(H,19,21,22). The largest absolute Gasteiger partial charge is 0.462 e. The van der Waals surface area contributed by atoms with Gasteiger partial charge in [0.05, 0.1) is 24.5 Å². The third-order valence-electron chi connectivity index (χ3n) is 3.67. The van der Waals surface area contributed by atoms with Crippen LogP contribution in [0.2, 0.25) is 0 Å². The number of nitrogens with zero attached hydrogens (tertiary/aromatic N) is 2. The Morgan fingerprint density at radius 3 is 2.48 bits per heavy atom. The number of thiophene rings is 1. The zero-order valence-corrected chi connectivity index (χ0v) is 18.4. The predicted octanol–water partition coefficient (Wildman–Crippen LogP) is 3.21. The molecule has 0 aromatic carbocycles. The number of thioether (sulfide) groups is 1. The van der Waals surface area contributed by atoms with E-state index >= 15 is 0 Å². The number of rotatable bonds is 10. The average Bonchev–Trinajstić information content (AvgIpc) is 3.25. The lowest BCUT2D eigenvalue weighted by atomic mass is 10.1. The first kappa shape index (κ1) is 22.9. The minimum atomic E-state index is -0.599. The molecule has 0 atom stereocenters. The van der Waals surface area contributed by atoms with Crippen LogP contribution in [0.1, 0.15) is 58.6 Å². The van der Waals surface area contributed by atoms with Gasteiger partial charge < -0.3 is 14.8 Å². The molecule has 0 bridgehead atoms. The number of ether oxygens (including phenoxy) is 2. The van der Waals surface area contributed by atoms with Crippen LogP contribution in [0, 0.1) is 6.92 Å². The van der Waals surface area contributed by atoms with Gasteiger partial charge in [-0.2, -0.15) is 0 Å². The normalized spacial score (nSPS) is 10.6. The summed E-state index contributed by atoms with van der Waals surface area (Å²) >= 11 is 2.17.